The number of nitrogen functional groups attached to an aromatic ring is 1. The first kappa shape index (κ1) is 14.0. The highest BCUT2D eigenvalue weighted by atomic mass is 14.9. The van der Waals surface area contributed by atoms with Gasteiger partial charge in [-0.25, -0.2) is 0 Å². The van der Waals surface area contributed by atoms with Crippen LogP contribution in [0.4, 0.5) is 17.1 Å². The average Bonchev–Trinajstić information content (AvgIpc) is 2.43. The van der Waals surface area contributed by atoms with E-state index in [4.69, 9.17) is 11.0 Å². The molecule has 0 heterocycles. The summed E-state index contributed by atoms with van der Waals surface area (Å²) in [5.74, 6) is 0.471. The van der Waals surface area contributed by atoms with Gasteiger partial charge in [-0.3, -0.25) is 0 Å². The fourth-order valence-electron chi connectivity index (χ4n) is 2.01. The van der Waals surface area contributed by atoms with E-state index in [-0.39, 0.29) is 0 Å². The van der Waals surface area contributed by atoms with E-state index < -0.39 is 0 Å². The number of nitriles is 1. The Morgan fingerprint density at radius 1 is 1.10 bits per heavy atom. The minimum atomic E-state index is 0.471. The third kappa shape index (κ3) is 2.92. The molecule has 0 bridgehead atoms. The van der Waals surface area contributed by atoms with Gasteiger partial charge >= 0.3 is 0 Å². The van der Waals surface area contributed by atoms with Crippen molar-refractivity contribution in [2.75, 3.05) is 11.1 Å². The van der Waals surface area contributed by atoms with Gasteiger partial charge in [-0.1, -0.05) is 26.0 Å². The molecule has 20 heavy (non-hydrogen) atoms. The molecular weight excluding hydrogens is 246 g/mol. The molecule has 2 aromatic rings. The molecule has 0 saturated carbocycles. The van der Waals surface area contributed by atoms with Gasteiger partial charge in [0.2, 0.25) is 0 Å². The van der Waals surface area contributed by atoms with Crippen LogP contribution in [-0.4, -0.2) is 0 Å². The quantitative estimate of drug-likeness (QED) is 0.812. The van der Waals surface area contributed by atoms with Gasteiger partial charge in [-0.05, 0) is 48.2 Å². The lowest BCUT2D eigenvalue weighted by Gasteiger charge is -2.15. The van der Waals surface area contributed by atoms with E-state index in [9.17, 15) is 0 Å². The molecule has 2 aromatic carbocycles. The number of rotatable bonds is 3. The first-order valence-corrected chi connectivity index (χ1v) is 6.68. The Kier molecular flexibility index (Phi) is 3.95. The summed E-state index contributed by atoms with van der Waals surface area (Å²) in [4.78, 5) is 0. The van der Waals surface area contributed by atoms with E-state index in [1.807, 2.05) is 0 Å². The molecule has 0 aliphatic carbocycles. The van der Waals surface area contributed by atoms with Crippen LogP contribution in [0, 0.1) is 18.3 Å². The minimum Gasteiger partial charge on any atom is -0.397 e. The highest BCUT2D eigenvalue weighted by Gasteiger charge is 2.06. The summed E-state index contributed by atoms with van der Waals surface area (Å²) in [5, 5.41) is 12.3. The number of aryl methyl sites for hydroxylation is 1. The molecule has 0 unspecified atom stereocenters. The van der Waals surface area contributed by atoms with Crippen molar-refractivity contribution in [2.45, 2.75) is 26.7 Å². The largest absolute Gasteiger partial charge is 0.397 e. The molecule has 3 nitrogen and oxygen atoms in total. The standard InChI is InChI=1S/C17H19N3/c1-11(2)14-6-4-12(3)16(9-14)20-17-8-13(10-18)5-7-15(17)19/h4-9,11,20H,19H2,1-3H3. The van der Waals surface area contributed by atoms with Crippen molar-refractivity contribution in [2.24, 2.45) is 0 Å². The van der Waals surface area contributed by atoms with Crippen LogP contribution in [0.1, 0.15) is 36.5 Å². The van der Waals surface area contributed by atoms with Crippen LogP contribution in [0.25, 0.3) is 0 Å². The maximum absolute atomic E-state index is 8.97. The smallest absolute Gasteiger partial charge is 0.0992 e. The fourth-order valence-corrected chi connectivity index (χ4v) is 2.01. The topological polar surface area (TPSA) is 61.8 Å². The van der Waals surface area contributed by atoms with Gasteiger partial charge in [0, 0.05) is 5.69 Å². The number of nitrogens with one attached hydrogen (secondary N) is 1. The summed E-state index contributed by atoms with van der Waals surface area (Å²) in [6.45, 7) is 6.38. The maximum Gasteiger partial charge on any atom is 0.0992 e. The van der Waals surface area contributed by atoms with Gasteiger partial charge in [-0.15, -0.1) is 0 Å². The molecule has 0 amide bonds. The molecule has 0 fully saturated rings. The lowest BCUT2D eigenvalue weighted by Crippen LogP contribution is -2.00. The van der Waals surface area contributed by atoms with E-state index >= 15 is 0 Å². The molecule has 3 heteroatoms. The molecule has 102 valence electrons. The SMILES string of the molecule is Cc1ccc(C(C)C)cc1Nc1cc(C#N)ccc1N. The van der Waals surface area contributed by atoms with E-state index in [2.05, 4.69) is 50.4 Å². The molecule has 0 saturated heterocycles. The fraction of sp³-hybridized carbons (Fsp3) is 0.235. The maximum atomic E-state index is 8.97. The Morgan fingerprint density at radius 2 is 1.85 bits per heavy atom. The predicted octanol–water partition coefficient (Wildman–Crippen LogP) is 4.32. The Labute approximate surface area is 120 Å². The van der Waals surface area contributed by atoms with Crippen molar-refractivity contribution < 1.29 is 0 Å². The zero-order valence-electron chi connectivity index (χ0n) is 12.1. The Morgan fingerprint density at radius 3 is 2.50 bits per heavy atom. The number of nitrogens with two attached hydrogens (primary N) is 1. The van der Waals surface area contributed by atoms with Crippen LogP contribution in [0.3, 0.4) is 0 Å². The van der Waals surface area contributed by atoms with Crippen molar-refractivity contribution in [1.82, 2.24) is 0 Å². The van der Waals surface area contributed by atoms with Crippen molar-refractivity contribution in [3.8, 4) is 6.07 Å². The second kappa shape index (κ2) is 5.66. The second-order valence-electron chi connectivity index (χ2n) is 5.27. The molecule has 3 N–H and O–H groups in total. The summed E-state index contributed by atoms with van der Waals surface area (Å²) in [6, 6.07) is 13.8. The number of anilines is 3. The van der Waals surface area contributed by atoms with Crippen molar-refractivity contribution in [1.29, 1.82) is 5.26 Å². The third-order valence-corrected chi connectivity index (χ3v) is 3.38. The monoisotopic (exact) mass is 265 g/mol. The first-order chi connectivity index (χ1) is 9.51. The Bertz CT molecular complexity index is 666. The van der Waals surface area contributed by atoms with Crippen LogP contribution < -0.4 is 11.1 Å². The summed E-state index contributed by atoms with van der Waals surface area (Å²) >= 11 is 0. The lowest BCUT2D eigenvalue weighted by atomic mass is 10.0. The van der Waals surface area contributed by atoms with Gasteiger partial charge in [-0.2, -0.15) is 5.26 Å². The van der Waals surface area contributed by atoms with Gasteiger partial charge in [0.15, 0.2) is 0 Å². The molecule has 0 atom stereocenters. The molecule has 0 aliphatic heterocycles. The Balaban J connectivity index is 2.39. The van der Waals surface area contributed by atoms with Crippen molar-refractivity contribution in [3.63, 3.8) is 0 Å². The summed E-state index contributed by atoms with van der Waals surface area (Å²) in [6.07, 6.45) is 0. The van der Waals surface area contributed by atoms with E-state index in [1.54, 1.807) is 18.2 Å². The zero-order valence-corrected chi connectivity index (χ0v) is 12.1. The number of nitrogens with zero attached hydrogens (tertiary/aromatic N) is 1. The summed E-state index contributed by atoms with van der Waals surface area (Å²) < 4.78 is 0. The zero-order chi connectivity index (χ0) is 14.7. The van der Waals surface area contributed by atoms with Gasteiger partial charge in [0.25, 0.3) is 0 Å². The van der Waals surface area contributed by atoms with E-state index in [1.165, 1.54) is 5.56 Å². The van der Waals surface area contributed by atoms with E-state index in [0.717, 1.165) is 16.9 Å². The van der Waals surface area contributed by atoms with Gasteiger partial charge in [0.05, 0.1) is 23.0 Å². The van der Waals surface area contributed by atoms with Crippen LogP contribution in [0.5, 0.6) is 0 Å². The molecule has 0 radical (unpaired) electrons. The molecule has 2 rings (SSSR count). The predicted molar refractivity (Wildman–Crippen MR) is 84.1 cm³/mol. The summed E-state index contributed by atoms with van der Waals surface area (Å²) in [5.41, 5.74) is 11.4. The van der Waals surface area contributed by atoms with Crippen LogP contribution in [0.2, 0.25) is 0 Å². The van der Waals surface area contributed by atoms with Gasteiger partial charge in [0.1, 0.15) is 0 Å². The number of hydrogen-bond donors (Lipinski definition) is 2. The molecular formula is C17H19N3. The molecule has 0 spiro atoms. The van der Waals surface area contributed by atoms with E-state index in [0.29, 0.717) is 17.2 Å². The molecule has 0 aliphatic rings. The number of benzene rings is 2. The minimum absolute atomic E-state index is 0.471. The van der Waals surface area contributed by atoms with Crippen LogP contribution in [0.15, 0.2) is 36.4 Å². The lowest BCUT2D eigenvalue weighted by molar-refractivity contribution is 0.866. The normalized spacial score (nSPS) is 10.3. The highest BCUT2D eigenvalue weighted by Crippen LogP contribution is 2.28. The third-order valence-electron chi connectivity index (χ3n) is 3.38. The second-order valence-corrected chi connectivity index (χ2v) is 5.27. The van der Waals surface area contributed by atoms with Crippen LogP contribution >= 0.6 is 0 Å². The van der Waals surface area contributed by atoms with Crippen LogP contribution in [-0.2, 0) is 0 Å². The number of hydrogen-bond acceptors (Lipinski definition) is 3. The first-order valence-electron chi connectivity index (χ1n) is 6.68. The highest BCUT2D eigenvalue weighted by molar-refractivity contribution is 5.75. The van der Waals surface area contributed by atoms with Crippen molar-refractivity contribution >= 4 is 17.1 Å². The average molecular weight is 265 g/mol. The Hall–Kier alpha value is -2.47. The van der Waals surface area contributed by atoms with Gasteiger partial charge < -0.3 is 11.1 Å². The summed E-state index contributed by atoms with van der Waals surface area (Å²) in [7, 11) is 0. The van der Waals surface area contributed by atoms with Crippen molar-refractivity contribution in [3.05, 3.63) is 53.1 Å². The molecule has 0 aromatic heterocycles.